The Balaban J connectivity index is 1.66. The fourth-order valence-electron chi connectivity index (χ4n) is 2.85. The summed E-state index contributed by atoms with van der Waals surface area (Å²) in [5, 5.41) is 6.90. The van der Waals surface area contributed by atoms with Crippen LogP contribution in [0.15, 0.2) is 42.5 Å². The monoisotopic (exact) mass is 441 g/mol. The Morgan fingerprint density at radius 3 is 2.55 bits per heavy atom. The first kappa shape index (κ1) is 22.0. The number of hydrazine groups is 1. The summed E-state index contributed by atoms with van der Waals surface area (Å²) in [5.41, 5.74) is 7.01. The molecule has 0 unspecified atom stereocenters. The molecule has 0 aliphatic carbocycles. The van der Waals surface area contributed by atoms with E-state index < -0.39 is 11.8 Å². The Morgan fingerprint density at radius 1 is 1.13 bits per heavy atom. The summed E-state index contributed by atoms with van der Waals surface area (Å²) in [7, 11) is 1.49. The highest BCUT2D eigenvalue weighted by molar-refractivity contribution is 7.71. The molecule has 0 aliphatic heterocycles. The van der Waals surface area contributed by atoms with Crippen molar-refractivity contribution in [2.45, 2.75) is 20.4 Å². The third kappa shape index (κ3) is 5.28. The molecule has 0 aliphatic rings. The quantitative estimate of drug-likeness (QED) is 0.384. The van der Waals surface area contributed by atoms with Crippen molar-refractivity contribution in [2.24, 2.45) is 0 Å². The van der Waals surface area contributed by atoms with E-state index in [0.717, 1.165) is 11.1 Å². The number of carbonyl (C=O) groups excluding carboxylic acids is 2. The van der Waals surface area contributed by atoms with Crippen LogP contribution in [0.4, 0.5) is 0 Å². The van der Waals surface area contributed by atoms with Crippen LogP contribution < -0.4 is 20.3 Å². The number of hydrogen-bond donors (Lipinski definition) is 3. The van der Waals surface area contributed by atoms with Gasteiger partial charge in [-0.15, -0.1) is 0 Å². The fourth-order valence-corrected chi connectivity index (χ4v) is 3.05. The zero-order chi connectivity index (χ0) is 22.4. The van der Waals surface area contributed by atoms with Crippen LogP contribution in [0, 0.1) is 11.7 Å². The van der Waals surface area contributed by atoms with Crippen molar-refractivity contribution in [3.8, 4) is 22.9 Å². The van der Waals surface area contributed by atoms with Crippen LogP contribution in [0.1, 0.15) is 22.8 Å². The lowest BCUT2D eigenvalue weighted by atomic mass is 10.1. The fraction of sp³-hybridized carbons (Fsp3) is 0.238. The van der Waals surface area contributed by atoms with Gasteiger partial charge in [0.2, 0.25) is 0 Å². The van der Waals surface area contributed by atoms with Gasteiger partial charge in [-0.25, -0.2) is 0 Å². The molecule has 0 bridgehead atoms. The average Bonchev–Trinajstić information content (AvgIpc) is 3.13. The number of methoxy groups -OCH3 is 1. The first-order valence-corrected chi connectivity index (χ1v) is 9.96. The second kappa shape index (κ2) is 9.90. The summed E-state index contributed by atoms with van der Waals surface area (Å²) in [6.07, 6.45) is 0. The molecule has 162 valence electrons. The number of aryl methyl sites for hydroxylation is 1. The van der Waals surface area contributed by atoms with Gasteiger partial charge in [-0.3, -0.25) is 30.1 Å². The van der Waals surface area contributed by atoms with Crippen LogP contribution in [-0.2, 0) is 11.3 Å². The molecule has 2 aromatic carbocycles. The maximum absolute atomic E-state index is 12.4. The van der Waals surface area contributed by atoms with E-state index in [-0.39, 0.29) is 6.54 Å². The van der Waals surface area contributed by atoms with Crippen LogP contribution >= 0.6 is 12.2 Å². The molecule has 31 heavy (non-hydrogen) atoms. The average molecular weight is 442 g/mol. The maximum atomic E-state index is 12.4. The van der Waals surface area contributed by atoms with E-state index in [0.29, 0.717) is 34.3 Å². The van der Waals surface area contributed by atoms with E-state index in [1.165, 1.54) is 13.2 Å². The van der Waals surface area contributed by atoms with E-state index in [1.807, 2.05) is 38.1 Å². The molecule has 0 spiro atoms. The standard InChI is InChI=1S/C21H23N5O4S/c1-4-30-16-10-9-15(11-17(16)29-3)20(28)24-22-18(27)12-26-19(23-25-21(26)31)14-7-5-13(2)6-8-14/h5-11H,4,12H2,1-3H3,(H,22,27)(H,24,28)(H,25,31). The van der Waals surface area contributed by atoms with Crippen LogP contribution in [0.3, 0.4) is 0 Å². The highest BCUT2D eigenvalue weighted by atomic mass is 32.1. The molecule has 3 N–H and O–H groups in total. The molecule has 3 aromatic rings. The van der Waals surface area contributed by atoms with Crippen molar-refractivity contribution < 1.29 is 19.1 Å². The lowest BCUT2D eigenvalue weighted by Crippen LogP contribution is -2.43. The number of aromatic amines is 1. The second-order valence-corrected chi connectivity index (χ2v) is 6.99. The summed E-state index contributed by atoms with van der Waals surface area (Å²) in [6.45, 7) is 4.19. The molecule has 0 saturated heterocycles. The van der Waals surface area contributed by atoms with E-state index >= 15 is 0 Å². The third-order valence-corrected chi connectivity index (χ3v) is 4.72. The molecule has 9 nitrogen and oxygen atoms in total. The number of H-pyrrole nitrogens is 1. The van der Waals surface area contributed by atoms with Crippen molar-refractivity contribution in [2.75, 3.05) is 13.7 Å². The van der Waals surface area contributed by atoms with Crippen molar-refractivity contribution in [3.05, 3.63) is 58.4 Å². The second-order valence-electron chi connectivity index (χ2n) is 6.61. The van der Waals surface area contributed by atoms with Crippen molar-refractivity contribution >= 4 is 24.0 Å². The Labute approximate surface area is 184 Å². The molecule has 2 amide bonds. The van der Waals surface area contributed by atoms with Gasteiger partial charge in [0, 0.05) is 11.1 Å². The van der Waals surface area contributed by atoms with Gasteiger partial charge in [0.15, 0.2) is 22.1 Å². The number of amides is 2. The minimum Gasteiger partial charge on any atom is -0.493 e. The van der Waals surface area contributed by atoms with E-state index in [2.05, 4.69) is 21.0 Å². The van der Waals surface area contributed by atoms with Crippen molar-refractivity contribution in [1.82, 2.24) is 25.6 Å². The molecule has 3 rings (SSSR count). The van der Waals surface area contributed by atoms with Gasteiger partial charge in [0.1, 0.15) is 6.54 Å². The lowest BCUT2D eigenvalue weighted by molar-refractivity contribution is -0.122. The molecular formula is C21H23N5O4S. The predicted octanol–water partition coefficient (Wildman–Crippen LogP) is 2.78. The minimum atomic E-state index is -0.496. The van der Waals surface area contributed by atoms with Crippen LogP contribution in [-0.4, -0.2) is 40.3 Å². The summed E-state index contributed by atoms with van der Waals surface area (Å²) in [6, 6.07) is 12.4. The number of rotatable bonds is 7. The van der Waals surface area contributed by atoms with Gasteiger partial charge in [-0.05, 0) is 44.3 Å². The zero-order valence-corrected chi connectivity index (χ0v) is 18.2. The summed E-state index contributed by atoms with van der Waals surface area (Å²) < 4.78 is 12.5. The first-order chi connectivity index (χ1) is 14.9. The summed E-state index contributed by atoms with van der Waals surface area (Å²) in [5.74, 6) is 0.529. The Hall–Kier alpha value is -3.66. The predicted molar refractivity (Wildman–Crippen MR) is 117 cm³/mol. The number of hydrogen-bond acceptors (Lipinski definition) is 6. The zero-order valence-electron chi connectivity index (χ0n) is 17.4. The lowest BCUT2D eigenvalue weighted by Gasteiger charge is -2.12. The van der Waals surface area contributed by atoms with E-state index in [9.17, 15) is 9.59 Å². The van der Waals surface area contributed by atoms with Crippen molar-refractivity contribution in [1.29, 1.82) is 0 Å². The summed E-state index contributed by atoms with van der Waals surface area (Å²) in [4.78, 5) is 24.8. The van der Waals surface area contributed by atoms with E-state index in [1.54, 1.807) is 16.7 Å². The molecule has 1 heterocycles. The molecular weight excluding hydrogens is 418 g/mol. The van der Waals surface area contributed by atoms with Crippen LogP contribution in [0.2, 0.25) is 0 Å². The number of nitrogens with zero attached hydrogens (tertiary/aromatic N) is 2. The molecule has 10 heteroatoms. The van der Waals surface area contributed by atoms with Gasteiger partial charge in [0.05, 0.1) is 13.7 Å². The highest BCUT2D eigenvalue weighted by Gasteiger charge is 2.15. The first-order valence-electron chi connectivity index (χ1n) is 9.55. The number of carbonyl (C=O) groups is 2. The maximum Gasteiger partial charge on any atom is 0.269 e. The molecule has 0 saturated carbocycles. The van der Waals surface area contributed by atoms with Crippen molar-refractivity contribution in [3.63, 3.8) is 0 Å². The van der Waals surface area contributed by atoms with Gasteiger partial charge >= 0.3 is 0 Å². The Morgan fingerprint density at radius 2 is 1.87 bits per heavy atom. The smallest absolute Gasteiger partial charge is 0.269 e. The van der Waals surface area contributed by atoms with Crippen LogP contribution in [0.25, 0.3) is 11.4 Å². The number of nitrogens with one attached hydrogen (secondary N) is 3. The van der Waals surface area contributed by atoms with Gasteiger partial charge in [-0.1, -0.05) is 29.8 Å². The molecule has 0 atom stereocenters. The number of aromatic nitrogens is 3. The number of ether oxygens (including phenoxy) is 2. The minimum absolute atomic E-state index is 0.120. The Bertz CT molecular complexity index is 1140. The van der Waals surface area contributed by atoms with Gasteiger partial charge in [0.25, 0.3) is 11.8 Å². The normalized spacial score (nSPS) is 10.4. The van der Waals surface area contributed by atoms with Crippen LogP contribution in [0.5, 0.6) is 11.5 Å². The number of benzene rings is 2. The largest absolute Gasteiger partial charge is 0.493 e. The Kier molecular flexibility index (Phi) is 7.03. The van der Waals surface area contributed by atoms with E-state index in [4.69, 9.17) is 21.7 Å². The molecule has 0 radical (unpaired) electrons. The summed E-state index contributed by atoms with van der Waals surface area (Å²) >= 11 is 5.24. The molecule has 0 fully saturated rings. The highest BCUT2D eigenvalue weighted by Crippen LogP contribution is 2.27. The SMILES string of the molecule is CCOc1ccc(C(=O)NNC(=O)Cn2c(-c3ccc(C)cc3)n[nH]c2=S)cc1OC. The van der Waals surface area contributed by atoms with Gasteiger partial charge < -0.3 is 9.47 Å². The topological polar surface area (TPSA) is 110 Å². The van der Waals surface area contributed by atoms with Gasteiger partial charge in [-0.2, -0.15) is 5.10 Å². The molecule has 1 aromatic heterocycles. The third-order valence-electron chi connectivity index (χ3n) is 4.41.